The first-order valence-electron chi connectivity index (χ1n) is 5.19. The molecular weight excluding hydrogens is 249 g/mol. The molecule has 1 aliphatic heterocycles. The highest BCUT2D eigenvalue weighted by Gasteiger charge is 2.27. The molecule has 1 saturated heterocycles. The summed E-state index contributed by atoms with van der Waals surface area (Å²) in [5, 5.41) is 17.7. The topological polar surface area (TPSA) is 49.2 Å². The third-order valence-corrected chi connectivity index (χ3v) is 3.40. The van der Waals surface area contributed by atoms with Crippen molar-refractivity contribution in [3.05, 3.63) is 16.4 Å². The van der Waals surface area contributed by atoms with E-state index in [9.17, 15) is 5.11 Å². The molecule has 0 aliphatic carbocycles. The zero-order chi connectivity index (χ0) is 11.7. The molecule has 0 spiro atoms. The number of anilines is 1. The van der Waals surface area contributed by atoms with Crippen molar-refractivity contribution in [2.75, 3.05) is 18.0 Å². The van der Waals surface area contributed by atoms with Crippen molar-refractivity contribution in [1.82, 2.24) is 10.2 Å². The van der Waals surface area contributed by atoms with Crippen LogP contribution in [0.3, 0.4) is 0 Å². The molecule has 2 unspecified atom stereocenters. The van der Waals surface area contributed by atoms with E-state index in [0.717, 1.165) is 25.2 Å². The Hall–Kier alpha value is -0.580. The van der Waals surface area contributed by atoms with E-state index < -0.39 is 0 Å². The van der Waals surface area contributed by atoms with E-state index in [1.807, 2.05) is 6.92 Å². The van der Waals surface area contributed by atoms with Crippen molar-refractivity contribution in [1.29, 1.82) is 0 Å². The molecule has 0 aromatic carbocycles. The number of halogens is 2. The second-order valence-electron chi connectivity index (χ2n) is 4.08. The Morgan fingerprint density at radius 1 is 1.50 bits per heavy atom. The molecule has 88 valence electrons. The molecule has 1 N–H and O–H groups in total. The van der Waals surface area contributed by atoms with Gasteiger partial charge in [-0.05, 0) is 13.3 Å². The second-order valence-corrected chi connectivity index (χ2v) is 4.82. The van der Waals surface area contributed by atoms with Crippen molar-refractivity contribution in [3.63, 3.8) is 0 Å². The lowest BCUT2D eigenvalue weighted by Crippen LogP contribution is -2.24. The maximum absolute atomic E-state index is 9.53. The van der Waals surface area contributed by atoms with Gasteiger partial charge in [-0.25, -0.2) is 0 Å². The smallest absolute Gasteiger partial charge is 0.175 e. The first-order chi connectivity index (χ1) is 7.58. The molecule has 0 bridgehead atoms. The second kappa shape index (κ2) is 4.73. The third-order valence-electron chi connectivity index (χ3n) is 2.95. The van der Waals surface area contributed by atoms with Gasteiger partial charge in [0.1, 0.15) is 0 Å². The molecular formula is C10H13Cl2N3O. The summed E-state index contributed by atoms with van der Waals surface area (Å²) in [7, 11) is 0. The van der Waals surface area contributed by atoms with Gasteiger partial charge in [0, 0.05) is 25.1 Å². The van der Waals surface area contributed by atoms with Gasteiger partial charge in [0.2, 0.25) is 0 Å². The summed E-state index contributed by atoms with van der Waals surface area (Å²) in [6.07, 6.45) is 0.655. The standard InChI is InChI=1S/C10H13Cl2N3O/c1-6(16)7-2-3-15(5-7)8-4-9(11)13-14-10(8)12/h4,6-7,16H,2-3,5H2,1H3. The van der Waals surface area contributed by atoms with Crippen LogP contribution in [0.25, 0.3) is 0 Å². The molecule has 4 nitrogen and oxygen atoms in total. The quantitative estimate of drug-likeness (QED) is 0.885. The van der Waals surface area contributed by atoms with Crippen molar-refractivity contribution in [3.8, 4) is 0 Å². The number of aliphatic hydroxyl groups excluding tert-OH is 1. The fourth-order valence-electron chi connectivity index (χ4n) is 1.97. The Kier molecular flexibility index (Phi) is 3.52. The highest BCUT2D eigenvalue weighted by molar-refractivity contribution is 6.33. The van der Waals surface area contributed by atoms with E-state index in [1.54, 1.807) is 6.07 Å². The minimum atomic E-state index is -0.297. The summed E-state index contributed by atoms with van der Waals surface area (Å²) in [6, 6.07) is 1.71. The van der Waals surface area contributed by atoms with Gasteiger partial charge >= 0.3 is 0 Å². The first-order valence-corrected chi connectivity index (χ1v) is 5.95. The van der Waals surface area contributed by atoms with E-state index >= 15 is 0 Å². The third kappa shape index (κ3) is 2.39. The molecule has 1 fully saturated rings. The molecule has 0 saturated carbocycles. The Labute approximate surface area is 104 Å². The van der Waals surface area contributed by atoms with Crippen LogP contribution in [0.1, 0.15) is 13.3 Å². The van der Waals surface area contributed by atoms with Gasteiger partial charge in [-0.1, -0.05) is 23.2 Å². The zero-order valence-corrected chi connectivity index (χ0v) is 10.4. The Balaban J connectivity index is 2.17. The van der Waals surface area contributed by atoms with Crippen LogP contribution in [0.15, 0.2) is 6.07 Å². The van der Waals surface area contributed by atoms with E-state index in [1.165, 1.54) is 0 Å². The van der Waals surface area contributed by atoms with Crippen LogP contribution in [0.2, 0.25) is 10.3 Å². The number of rotatable bonds is 2. The molecule has 16 heavy (non-hydrogen) atoms. The summed E-state index contributed by atoms with van der Waals surface area (Å²) >= 11 is 11.8. The lowest BCUT2D eigenvalue weighted by molar-refractivity contribution is 0.136. The SMILES string of the molecule is CC(O)C1CCN(c2cc(Cl)nnc2Cl)C1. The van der Waals surface area contributed by atoms with Gasteiger partial charge in [0.25, 0.3) is 0 Å². The molecule has 1 aromatic rings. The van der Waals surface area contributed by atoms with Gasteiger partial charge in [-0.15, -0.1) is 10.2 Å². The lowest BCUT2D eigenvalue weighted by atomic mass is 10.0. The summed E-state index contributed by atoms with van der Waals surface area (Å²) in [4.78, 5) is 2.08. The number of aliphatic hydroxyl groups is 1. The highest BCUT2D eigenvalue weighted by atomic mass is 35.5. The van der Waals surface area contributed by atoms with Gasteiger partial charge in [-0.2, -0.15) is 0 Å². The van der Waals surface area contributed by atoms with E-state index in [2.05, 4.69) is 15.1 Å². The lowest BCUT2D eigenvalue weighted by Gasteiger charge is -2.20. The van der Waals surface area contributed by atoms with Crippen molar-refractivity contribution in [2.45, 2.75) is 19.4 Å². The first kappa shape index (κ1) is 11.9. The van der Waals surface area contributed by atoms with Gasteiger partial charge < -0.3 is 10.0 Å². The van der Waals surface area contributed by atoms with Crippen LogP contribution in [-0.2, 0) is 0 Å². The van der Waals surface area contributed by atoms with Crippen molar-refractivity contribution in [2.24, 2.45) is 5.92 Å². The molecule has 1 aromatic heterocycles. The fourth-order valence-corrected chi connectivity index (χ4v) is 2.32. The zero-order valence-electron chi connectivity index (χ0n) is 8.90. The van der Waals surface area contributed by atoms with Crippen LogP contribution in [0.4, 0.5) is 5.69 Å². The Morgan fingerprint density at radius 2 is 2.25 bits per heavy atom. The number of nitrogens with zero attached hydrogens (tertiary/aromatic N) is 3. The highest BCUT2D eigenvalue weighted by Crippen LogP contribution is 2.31. The average Bonchev–Trinajstić information content (AvgIpc) is 2.70. The van der Waals surface area contributed by atoms with Crippen molar-refractivity contribution < 1.29 is 5.11 Å². The van der Waals surface area contributed by atoms with Gasteiger partial charge in [0.05, 0.1) is 11.8 Å². The van der Waals surface area contributed by atoms with Gasteiger partial charge in [0.15, 0.2) is 10.3 Å². The maximum Gasteiger partial charge on any atom is 0.175 e. The molecule has 0 radical (unpaired) electrons. The minimum Gasteiger partial charge on any atom is -0.393 e. The van der Waals surface area contributed by atoms with Crippen LogP contribution < -0.4 is 4.90 Å². The Morgan fingerprint density at radius 3 is 2.88 bits per heavy atom. The summed E-state index contributed by atoms with van der Waals surface area (Å²) in [5.74, 6) is 0.281. The summed E-state index contributed by atoms with van der Waals surface area (Å²) in [6.45, 7) is 3.45. The van der Waals surface area contributed by atoms with Gasteiger partial charge in [-0.3, -0.25) is 0 Å². The molecule has 2 rings (SSSR count). The average molecular weight is 262 g/mol. The molecule has 2 heterocycles. The molecule has 1 aliphatic rings. The van der Waals surface area contributed by atoms with E-state index in [0.29, 0.717) is 10.3 Å². The number of hydrogen-bond acceptors (Lipinski definition) is 4. The van der Waals surface area contributed by atoms with Crippen LogP contribution >= 0.6 is 23.2 Å². The minimum absolute atomic E-state index is 0.281. The maximum atomic E-state index is 9.53. The van der Waals surface area contributed by atoms with E-state index in [-0.39, 0.29) is 12.0 Å². The predicted molar refractivity (Wildman–Crippen MR) is 64.1 cm³/mol. The van der Waals surface area contributed by atoms with Crippen molar-refractivity contribution >= 4 is 28.9 Å². The largest absolute Gasteiger partial charge is 0.393 e. The van der Waals surface area contributed by atoms with Crippen LogP contribution in [-0.4, -0.2) is 34.5 Å². The van der Waals surface area contributed by atoms with E-state index in [4.69, 9.17) is 23.2 Å². The number of hydrogen-bond donors (Lipinski definition) is 1. The molecule has 0 amide bonds. The normalized spacial score (nSPS) is 22.5. The number of aromatic nitrogens is 2. The Bertz CT molecular complexity index is 386. The molecule has 6 heteroatoms. The summed E-state index contributed by atoms with van der Waals surface area (Å²) < 4.78 is 0. The fraction of sp³-hybridized carbons (Fsp3) is 0.600. The van der Waals surface area contributed by atoms with Crippen LogP contribution in [0, 0.1) is 5.92 Å². The predicted octanol–water partition coefficient (Wildman–Crippen LogP) is 1.99. The summed E-state index contributed by atoms with van der Waals surface area (Å²) in [5.41, 5.74) is 0.796. The van der Waals surface area contributed by atoms with Crippen LogP contribution in [0.5, 0.6) is 0 Å². The molecule has 2 atom stereocenters. The monoisotopic (exact) mass is 261 g/mol.